The Kier molecular flexibility index (Phi) is 6.06. The van der Waals surface area contributed by atoms with Gasteiger partial charge in [0.25, 0.3) is 0 Å². The van der Waals surface area contributed by atoms with Crippen molar-refractivity contribution >= 4 is 5.91 Å². The number of ether oxygens (including phenoxy) is 1. The van der Waals surface area contributed by atoms with Crippen molar-refractivity contribution in [1.29, 1.82) is 0 Å². The molecule has 0 radical (unpaired) electrons. The van der Waals surface area contributed by atoms with Crippen molar-refractivity contribution in [3.63, 3.8) is 0 Å². The zero-order valence-electron chi connectivity index (χ0n) is 15.7. The number of nitrogens with one attached hydrogen (secondary N) is 1. The molecule has 1 aromatic heterocycles. The lowest BCUT2D eigenvalue weighted by Gasteiger charge is -2.36. The molecular weight excluding hydrogens is 318 g/mol. The first-order valence-corrected chi connectivity index (χ1v) is 9.63. The minimum Gasteiger partial charge on any atom is -0.367 e. The van der Waals surface area contributed by atoms with Gasteiger partial charge in [-0.25, -0.2) is 4.98 Å². The van der Waals surface area contributed by atoms with Crippen molar-refractivity contribution in [2.24, 2.45) is 0 Å². The molecule has 0 aliphatic carbocycles. The fourth-order valence-corrected chi connectivity index (χ4v) is 3.61. The van der Waals surface area contributed by atoms with E-state index in [1.54, 1.807) is 0 Å². The van der Waals surface area contributed by atoms with Crippen molar-refractivity contribution in [3.8, 4) is 0 Å². The molecule has 1 amide bonds. The largest absolute Gasteiger partial charge is 0.367 e. The molecule has 2 fully saturated rings. The average molecular weight is 349 g/mol. The summed E-state index contributed by atoms with van der Waals surface area (Å²) in [5.74, 6) is 2.00. The normalized spacial score (nSPS) is 24.3. The first-order valence-electron chi connectivity index (χ1n) is 9.63. The van der Waals surface area contributed by atoms with Crippen LogP contribution in [0, 0.1) is 0 Å². The molecule has 0 spiro atoms. The Hall–Kier alpha value is -1.47. The molecule has 2 unspecified atom stereocenters. The Morgan fingerprint density at radius 2 is 1.88 bits per heavy atom. The molecule has 2 saturated heterocycles. The van der Waals surface area contributed by atoms with Gasteiger partial charge in [0.05, 0.1) is 19.2 Å². The molecule has 2 aliphatic rings. The van der Waals surface area contributed by atoms with E-state index in [1.165, 1.54) is 25.7 Å². The predicted molar refractivity (Wildman–Crippen MR) is 95.2 cm³/mol. The molecule has 0 aromatic carbocycles. The highest BCUT2D eigenvalue weighted by Gasteiger charge is 2.32. The van der Waals surface area contributed by atoms with Gasteiger partial charge in [-0.05, 0) is 32.9 Å². The summed E-state index contributed by atoms with van der Waals surface area (Å²) < 4.78 is 5.84. The number of H-pyrrole nitrogens is 1. The van der Waals surface area contributed by atoms with Crippen LogP contribution in [0.15, 0.2) is 0 Å². The maximum absolute atomic E-state index is 13.0. The molecule has 2 atom stereocenters. The first kappa shape index (κ1) is 18.3. The molecule has 2 aliphatic heterocycles. The second kappa shape index (κ2) is 8.27. The van der Waals surface area contributed by atoms with Crippen LogP contribution in [0.2, 0.25) is 0 Å². The van der Waals surface area contributed by atoms with E-state index in [-0.39, 0.29) is 24.0 Å². The van der Waals surface area contributed by atoms with Gasteiger partial charge in [0, 0.05) is 12.5 Å². The van der Waals surface area contributed by atoms with Gasteiger partial charge in [-0.15, -0.1) is 0 Å². The minimum atomic E-state index is -0.214. The second-order valence-electron chi connectivity index (χ2n) is 7.50. The van der Waals surface area contributed by atoms with Gasteiger partial charge in [-0.3, -0.25) is 14.8 Å². The van der Waals surface area contributed by atoms with Crippen LogP contribution in [-0.4, -0.2) is 69.7 Å². The lowest BCUT2D eigenvalue weighted by Crippen LogP contribution is -2.51. The number of nitrogens with zero attached hydrogens (tertiary/aromatic N) is 4. The highest BCUT2D eigenvalue weighted by molar-refractivity contribution is 5.81. The van der Waals surface area contributed by atoms with Crippen LogP contribution in [0.25, 0.3) is 0 Å². The third-order valence-corrected chi connectivity index (χ3v) is 5.27. The second-order valence-corrected chi connectivity index (χ2v) is 7.50. The summed E-state index contributed by atoms with van der Waals surface area (Å²) in [7, 11) is 0. The summed E-state index contributed by atoms with van der Waals surface area (Å²) in [6, 6.07) is -0.0576. The van der Waals surface area contributed by atoms with Gasteiger partial charge < -0.3 is 9.64 Å². The molecule has 25 heavy (non-hydrogen) atoms. The van der Waals surface area contributed by atoms with Crippen molar-refractivity contribution in [2.45, 2.75) is 64.5 Å². The molecule has 7 nitrogen and oxygen atoms in total. The summed E-state index contributed by atoms with van der Waals surface area (Å²) in [6.07, 6.45) is 4.73. The third kappa shape index (κ3) is 4.39. The number of hydrogen-bond donors (Lipinski definition) is 1. The fraction of sp³-hybridized carbons (Fsp3) is 0.833. The van der Waals surface area contributed by atoms with Crippen molar-refractivity contribution < 1.29 is 9.53 Å². The van der Waals surface area contributed by atoms with Gasteiger partial charge in [0.15, 0.2) is 11.6 Å². The van der Waals surface area contributed by atoms with Gasteiger partial charge in [0.1, 0.15) is 6.10 Å². The molecule has 140 valence electrons. The van der Waals surface area contributed by atoms with Crippen LogP contribution in [0.1, 0.15) is 70.1 Å². The molecular formula is C18H31N5O2. The zero-order valence-corrected chi connectivity index (χ0v) is 15.7. The number of rotatable bonds is 4. The predicted octanol–water partition coefficient (Wildman–Crippen LogP) is 2.09. The minimum absolute atomic E-state index is 0.0576. The van der Waals surface area contributed by atoms with E-state index in [1.807, 2.05) is 11.8 Å². The van der Waals surface area contributed by atoms with Crippen LogP contribution >= 0.6 is 0 Å². The first-order chi connectivity index (χ1) is 12.1. The van der Waals surface area contributed by atoms with Crippen molar-refractivity contribution in [3.05, 3.63) is 11.6 Å². The summed E-state index contributed by atoms with van der Waals surface area (Å²) in [5.41, 5.74) is 0. The highest BCUT2D eigenvalue weighted by Crippen LogP contribution is 2.22. The van der Waals surface area contributed by atoms with E-state index >= 15 is 0 Å². The van der Waals surface area contributed by atoms with E-state index < -0.39 is 0 Å². The smallest absolute Gasteiger partial charge is 0.239 e. The maximum Gasteiger partial charge on any atom is 0.239 e. The highest BCUT2D eigenvalue weighted by atomic mass is 16.5. The Morgan fingerprint density at radius 1 is 1.16 bits per heavy atom. The average Bonchev–Trinajstić information content (AvgIpc) is 2.97. The van der Waals surface area contributed by atoms with E-state index in [0.717, 1.165) is 24.7 Å². The Balaban J connectivity index is 1.62. The van der Waals surface area contributed by atoms with E-state index in [2.05, 4.69) is 33.9 Å². The SMILES string of the molecule is CC(C)c1n[nH]c(C2CN(C(=O)C(C)N3CCCCCC3)CCO2)n1. The summed E-state index contributed by atoms with van der Waals surface area (Å²) >= 11 is 0. The lowest BCUT2D eigenvalue weighted by atomic mass is 10.2. The van der Waals surface area contributed by atoms with Crippen molar-refractivity contribution in [1.82, 2.24) is 25.0 Å². The number of morpholine rings is 1. The molecule has 1 aromatic rings. The standard InChI is InChI=1S/C18H31N5O2/c1-13(2)16-19-17(21-20-16)15-12-23(10-11-25-15)18(24)14(3)22-8-6-4-5-7-9-22/h13-15H,4-12H2,1-3H3,(H,19,20,21). The Morgan fingerprint density at radius 3 is 2.52 bits per heavy atom. The molecule has 7 heteroatoms. The Labute approximate surface area is 150 Å². The molecule has 1 N–H and O–H groups in total. The number of aromatic amines is 1. The van der Waals surface area contributed by atoms with E-state index in [0.29, 0.717) is 19.7 Å². The molecule has 0 bridgehead atoms. The number of amides is 1. The quantitative estimate of drug-likeness (QED) is 0.901. The maximum atomic E-state index is 13.0. The lowest BCUT2D eigenvalue weighted by molar-refractivity contribution is -0.144. The van der Waals surface area contributed by atoms with Crippen LogP contribution in [0.5, 0.6) is 0 Å². The molecule has 0 saturated carbocycles. The summed E-state index contributed by atoms with van der Waals surface area (Å²) in [4.78, 5) is 21.8. The molecule has 3 heterocycles. The van der Waals surface area contributed by atoms with Crippen molar-refractivity contribution in [2.75, 3.05) is 32.8 Å². The number of likely N-dealkylation sites (tertiary alicyclic amines) is 1. The number of hydrogen-bond acceptors (Lipinski definition) is 5. The van der Waals surface area contributed by atoms with Crippen LogP contribution in [0.4, 0.5) is 0 Å². The summed E-state index contributed by atoms with van der Waals surface area (Å²) in [5, 5.41) is 7.23. The third-order valence-electron chi connectivity index (χ3n) is 5.27. The van der Waals surface area contributed by atoms with E-state index in [9.17, 15) is 4.79 Å². The topological polar surface area (TPSA) is 74.4 Å². The van der Waals surface area contributed by atoms with E-state index in [4.69, 9.17) is 4.74 Å². The monoisotopic (exact) mass is 349 g/mol. The van der Waals surface area contributed by atoms with Gasteiger partial charge in [0.2, 0.25) is 5.91 Å². The molecule has 3 rings (SSSR count). The van der Waals surface area contributed by atoms with Crippen LogP contribution in [0.3, 0.4) is 0 Å². The number of carbonyl (C=O) groups is 1. The van der Waals surface area contributed by atoms with Crippen LogP contribution in [-0.2, 0) is 9.53 Å². The van der Waals surface area contributed by atoms with Gasteiger partial charge >= 0.3 is 0 Å². The number of carbonyl (C=O) groups excluding carboxylic acids is 1. The van der Waals surface area contributed by atoms with Gasteiger partial charge in [-0.1, -0.05) is 26.7 Å². The summed E-state index contributed by atoms with van der Waals surface area (Å²) in [6.45, 7) is 9.97. The zero-order chi connectivity index (χ0) is 17.8. The Bertz CT molecular complexity index is 566. The van der Waals surface area contributed by atoms with Gasteiger partial charge in [-0.2, -0.15) is 5.10 Å². The fourth-order valence-electron chi connectivity index (χ4n) is 3.61. The number of aromatic nitrogens is 3. The van der Waals surface area contributed by atoms with Crippen LogP contribution < -0.4 is 0 Å².